The van der Waals surface area contributed by atoms with E-state index in [1.165, 1.54) is 11.8 Å². The van der Waals surface area contributed by atoms with Gasteiger partial charge in [0, 0.05) is 22.8 Å². The summed E-state index contributed by atoms with van der Waals surface area (Å²) in [6, 6.07) is 9.63. The molecule has 148 valence electrons. The van der Waals surface area contributed by atoms with Crippen LogP contribution in [0.15, 0.2) is 44.8 Å². The molecule has 3 rings (SSSR count). The maximum Gasteiger partial charge on any atom is 0.278 e. The van der Waals surface area contributed by atoms with E-state index >= 15 is 0 Å². The van der Waals surface area contributed by atoms with Crippen LogP contribution >= 0.6 is 27.7 Å². The second-order valence-corrected chi connectivity index (χ2v) is 8.49. The first-order chi connectivity index (χ1) is 13.4. The van der Waals surface area contributed by atoms with E-state index in [-0.39, 0.29) is 23.3 Å². The third-order valence-electron chi connectivity index (χ3n) is 4.58. The number of rotatable bonds is 7. The Labute approximate surface area is 176 Å². The molecule has 2 N–H and O–H groups in total. The van der Waals surface area contributed by atoms with E-state index in [0.29, 0.717) is 22.7 Å². The van der Waals surface area contributed by atoms with Gasteiger partial charge in [0.2, 0.25) is 5.91 Å². The van der Waals surface area contributed by atoms with Crippen LogP contribution < -0.4 is 10.9 Å². The van der Waals surface area contributed by atoms with Crippen LogP contribution in [0.1, 0.15) is 37.6 Å². The minimum atomic E-state index is -0.101. The lowest BCUT2D eigenvalue weighted by Crippen LogP contribution is -2.28. The van der Waals surface area contributed by atoms with E-state index in [4.69, 9.17) is 0 Å². The van der Waals surface area contributed by atoms with Crippen LogP contribution in [-0.2, 0) is 11.3 Å². The number of aromatic nitrogens is 3. The molecule has 8 heteroatoms. The third kappa shape index (κ3) is 4.50. The number of H-pyrrole nitrogens is 1. The van der Waals surface area contributed by atoms with Crippen molar-refractivity contribution in [2.75, 3.05) is 5.75 Å². The second kappa shape index (κ2) is 8.96. The Bertz CT molecular complexity index is 1060. The van der Waals surface area contributed by atoms with Crippen molar-refractivity contribution < 1.29 is 4.79 Å². The largest absolute Gasteiger partial charge is 0.353 e. The van der Waals surface area contributed by atoms with Gasteiger partial charge in [-0.2, -0.15) is 0 Å². The highest BCUT2D eigenvalue weighted by Gasteiger charge is 2.18. The number of aryl methyl sites for hydroxylation is 1. The average molecular weight is 463 g/mol. The van der Waals surface area contributed by atoms with Gasteiger partial charge in [0.25, 0.3) is 5.56 Å². The normalized spacial score (nSPS) is 12.3. The van der Waals surface area contributed by atoms with Gasteiger partial charge in [-0.25, -0.2) is 4.98 Å². The highest BCUT2D eigenvalue weighted by atomic mass is 79.9. The summed E-state index contributed by atoms with van der Waals surface area (Å²) in [5.41, 5.74) is 2.96. The Hall–Kier alpha value is -2.06. The summed E-state index contributed by atoms with van der Waals surface area (Å²) in [5.74, 6) is 0.0958. The Balaban J connectivity index is 1.76. The fourth-order valence-electron chi connectivity index (χ4n) is 2.88. The predicted molar refractivity (Wildman–Crippen MR) is 117 cm³/mol. The third-order valence-corrected chi connectivity index (χ3v) is 6.31. The summed E-state index contributed by atoms with van der Waals surface area (Å²) in [5, 5.41) is 3.49. The molecule has 2 aromatic heterocycles. The first-order valence-corrected chi connectivity index (χ1v) is 10.9. The molecule has 0 unspecified atom stereocenters. The smallest absolute Gasteiger partial charge is 0.278 e. The summed E-state index contributed by atoms with van der Waals surface area (Å²) in [6.45, 7) is 6.36. The molecule has 0 fully saturated rings. The van der Waals surface area contributed by atoms with Gasteiger partial charge in [-0.05, 0) is 38.0 Å². The molecule has 0 aliphatic rings. The number of carbonyl (C=O) groups excluding carboxylic acids is 1. The number of amides is 1. The fourth-order valence-corrected chi connectivity index (χ4v) is 4.23. The summed E-state index contributed by atoms with van der Waals surface area (Å²) in [6.07, 6.45) is 0.800. The van der Waals surface area contributed by atoms with E-state index in [9.17, 15) is 9.59 Å². The van der Waals surface area contributed by atoms with E-state index in [1.54, 1.807) is 4.57 Å². The lowest BCUT2D eigenvalue weighted by atomic mass is 10.2. The van der Waals surface area contributed by atoms with Gasteiger partial charge in [-0.15, -0.1) is 0 Å². The first kappa shape index (κ1) is 20.7. The van der Waals surface area contributed by atoms with Crippen molar-refractivity contribution in [2.24, 2.45) is 0 Å². The minimum absolute atomic E-state index is 0.00107. The van der Waals surface area contributed by atoms with E-state index < -0.39 is 0 Å². The zero-order chi connectivity index (χ0) is 20.3. The number of halogens is 1. The fraction of sp³-hybridized carbons (Fsp3) is 0.350. The van der Waals surface area contributed by atoms with Gasteiger partial charge in [0.05, 0.1) is 11.3 Å². The highest BCUT2D eigenvalue weighted by Crippen LogP contribution is 2.22. The van der Waals surface area contributed by atoms with Crippen molar-refractivity contribution in [2.45, 2.75) is 44.9 Å². The lowest BCUT2D eigenvalue weighted by Gasteiger charge is -2.17. The summed E-state index contributed by atoms with van der Waals surface area (Å²) >= 11 is 4.77. The van der Waals surface area contributed by atoms with Crippen LogP contribution in [-0.4, -0.2) is 26.2 Å². The molecule has 0 aliphatic carbocycles. The number of hydrogen-bond acceptors (Lipinski definition) is 4. The van der Waals surface area contributed by atoms with Gasteiger partial charge < -0.3 is 10.3 Å². The van der Waals surface area contributed by atoms with Crippen LogP contribution in [0.5, 0.6) is 0 Å². The molecule has 0 bridgehead atoms. The highest BCUT2D eigenvalue weighted by molar-refractivity contribution is 9.10. The molecule has 2 heterocycles. The Morgan fingerprint density at radius 1 is 1.39 bits per heavy atom. The van der Waals surface area contributed by atoms with Gasteiger partial charge in [-0.1, -0.05) is 52.8 Å². The molecule has 0 spiro atoms. The van der Waals surface area contributed by atoms with Gasteiger partial charge in [0.15, 0.2) is 5.16 Å². The van der Waals surface area contributed by atoms with E-state index in [1.807, 2.05) is 51.1 Å². The molecule has 3 aromatic rings. The lowest BCUT2D eigenvalue weighted by molar-refractivity contribution is -0.118. The number of thioether (sulfide) groups is 1. The van der Waals surface area contributed by atoms with Crippen molar-refractivity contribution in [3.8, 4) is 0 Å². The molecule has 0 aliphatic heterocycles. The molecule has 0 radical (unpaired) electrons. The van der Waals surface area contributed by atoms with Crippen LogP contribution in [0, 0.1) is 6.92 Å². The zero-order valence-corrected chi connectivity index (χ0v) is 18.5. The summed E-state index contributed by atoms with van der Waals surface area (Å²) < 4.78 is 2.65. The SMILES string of the molecule is CC[C@@H](C)n1c(SCC(=O)NCc2ccccc2Br)nc2cc(C)[nH]c2c1=O. The number of benzene rings is 1. The second-order valence-electron chi connectivity index (χ2n) is 6.70. The van der Waals surface area contributed by atoms with Crippen molar-refractivity contribution in [3.05, 3.63) is 56.4 Å². The number of carbonyl (C=O) groups is 1. The van der Waals surface area contributed by atoms with Crippen molar-refractivity contribution >= 4 is 44.6 Å². The maximum absolute atomic E-state index is 12.9. The summed E-state index contributed by atoms with van der Waals surface area (Å²) in [7, 11) is 0. The molecule has 28 heavy (non-hydrogen) atoms. The van der Waals surface area contributed by atoms with E-state index in [2.05, 4.69) is 31.2 Å². The number of nitrogens with one attached hydrogen (secondary N) is 2. The molecule has 0 saturated heterocycles. The quantitative estimate of drug-likeness (QED) is 0.407. The molecule has 6 nitrogen and oxygen atoms in total. The number of fused-ring (bicyclic) bond motifs is 1. The predicted octanol–water partition coefficient (Wildman–Crippen LogP) is 4.18. The van der Waals surface area contributed by atoms with Crippen LogP contribution in [0.2, 0.25) is 0 Å². The van der Waals surface area contributed by atoms with Crippen molar-refractivity contribution in [1.29, 1.82) is 0 Å². The topological polar surface area (TPSA) is 79.8 Å². The van der Waals surface area contributed by atoms with E-state index in [0.717, 1.165) is 22.2 Å². The molecular formula is C20H23BrN4O2S. The standard InChI is InChI=1S/C20H23BrN4O2S/c1-4-13(3)25-19(27)18-16(9-12(2)23-18)24-20(25)28-11-17(26)22-10-14-7-5-6-8-15(14)21/h5-9,13,23H,4,10-11H2,1-3H3,(H,22,26)/t13-/m1/s1. The molecule has 1 aromatic carbocycles. The Kier molecular flexibility index (Phi) is 6.61. The molecule has 0 saturated carbocycles. The molecule has 1 atom stereocenters. The van der Waals surface area contributed by atoms with Gasteiger partial charge in [0.1, 0.15) is 5.52 Å². The zero-order valence-electron chi connectivity index (χ0n) is 16.1. The monoisotopic (exact) mass is 462 g/mol. The first-order valence-electron chi connectivity index (χ1n) is 9.15. The molecule has 1 amide bonds. The number of hydrogen-bond donors (Lipinski definition) is 2. The maximum atomic E-state index is 12.9. The molecular weight excluding hydrogens is 440 g/mol. The Morgan fingerprint density at radius 3 is 2.86 bits per heavy atom. The van der Waals surface area contributed by atoms with Crippen LogP contribution in [0.3, 0.4) is 0 Å². The van der Waals surface area contributed by atoms with Crippen LogP contribution in [0.4, 0.5) is 0 Å². The van der Waals surface area contributed by atoms with Crippen LogP contribution in [0.25, 0.3) is 11.0 Å². The van der Waals surface area contributed by atoms with Gasteiger partial charge >= 0.3 is 0 Å². The summed E-state index contributed by atoms with van der Waals surface area (Å²) in [4.78, 5) is 33.0. The average Bonchev–Trinajstić information content (AvgIpc) is 3.06. The minimum Gasteiger partial charge on any atom is -0.353 e. The van der Waals surface area contributed by atoms with Crippen molar-refractivity contribution in [1.82, 2.24) is 19.9 Å². The number of aromatic amines is 1. The number of nitrogens with zero attached hydrogens (tertiary/aromatic N) is 2. The van der Waals surface area contributed by atoms with Crippen molar-refractivity contribution in [3.63, 3.8) is 0 Å². The van der Waals surface area contributed by atoms with Gasteiger partial charge in [-0.3, -0.25) is 14.2 Å². The Morgan fingerprint density at radius 2 is 2.14 bits per heavy atom.